The molecular weight excluding hydrogens is 194 g/mol. The third-order valence-corrected chi connectivity index (χ3v) is 3.08. The molecule has 0 aliphatic heterocycles. The predicted octanol–water partition coefficient (Wildman–Crippen LogP) is 3.77. The maximum atomic E-state index is 3.81. The van der Waals surface area contributed by atoms with E-state index in [2.05, 4.69) is 56.1 Å². The molecule has 1 nitrogen and oxygen atoms in total. The lowest BCUT2D eigenvalue weighted by atomic mass is 9.96. The normalized spacial score (nSPS) is 14.4. The average molecular weight is 217 g/mol. The van der Waals surface area contributed by atoms with Gasteiger partial charge in [-0.2, -0.15) is 0 Å². The molecule has 0 saturated heterocycles. The highest BCUT2D eigenvalue weighted by molar-refractivity contribution is 5.14. The molecule has 1 N–H and O–H groups in total. The minimum Gasteiger partial charge on any atom is -0.310 e. The van der Waals surface area contributed by atoms with Crippen LogP contribution in [-0.2, 0) is 6.54 Å². The van der Waals surface area contributed by atoms with Crippen LogP contribution in [0.2, 0.25) is 0 Å². The number of benzene rings is 1. The molecule has 0 bridgehead atoms. The summed E-state index contributed by atoms with van der Waals surface area (Å²) in [7, 11) is 0. The number of nitrogens with one attached hydrogen (secondary N) is 1. The molecule has 16 heavy (non-hydrogen) atoms. The van der Waals surface area contributed by atoms with E-state index in [4.69, 9.17) is 0 Å². The predicted molar refractivity (Wildman–Crippen MR) is 71.3 cm³/mol. The van der Waals surface area contributed by atoms with Crippen LogP contribution in [0, 0.1) is 5.92 Å². The van der Waals surface area contributed by atoms with E-state index in [1.165, 1.54) is 12.0 Å². The van der Waals surface area contributed by atoms with Crippen molar-refractivity contribution in [2.75, 3.05) is 0 Å². The van der Waals surface area contributed by atoms with E-state index >= 15 is 0 Å². The number of allylic oxidation sites excluding steroid dienone is 1. The van der Waals surface area contributed by atoms with Crippen molar-refractivity contribution < 1.29 is 0 Å². The SMILES string of the molecule is C=CCC(C)C(CC)NCc1ccccc1. The maximum Gasteiger partial charge on any atom is 0.0208 e. The second kappa shape index (κ2) is 7.24. The van der Waals surface area contributed by atoms with Crippen molar-refractivity contribution >= 4 is 0 Å². The molecule has 0 amide bonds. The quantitative estimate of drug-likeness (QED) is 0.686. The zero-order chi connectivity index (χ0) is 11.8. The lowest BCUT2D eigenvalue weighted by Crippen LogP contribution is -2.33. The highest BCUT2D eigenvalue weighted by Crippen LogP contribution is 2.12. The molecule has 0 heterocycles. The Hall–Kier alpha value is -1.08. The molecule has 0 aromatic heterocycles. The highest BCUT2D eigenvalue weighted by atomic mass is 14.9. The van der Waals surface area contributed by atoms with Gasteiger partial charge >= 0.3 is 0 Å². The highest BCUT2D eigenvalue weighted by Gasteiger charge is 2.12. The van der Waals surface area contributed by atoms with E-state index in [0.29, 0.717) is 12.0 Å². The summed E-state index contributed by atoms with van der Waals surface area (Å²) in [5.74, 6) is 0.659. The molecule has 0 aliphatic carbocycles. The lowest BCUT2D eigenvalue weighted by Gasteiger charge is -2.23. The fourth-order valence-corrected chi connectivity index (χ4v) is 2.02. The molecule has 0 radical (unpaired) electrons. The van der Waals surface area contributed by atoms with Gasteiger partial charge in [-0.25, -0.2) is 0 Å². The van der Waals surface area contributed by atoms with Crippen LogP contribution in [0.5, 0.6) is 0 Å². The topological polar surface area (TPSA) is 12.0 Å². The van der Waals surface area contributed by atoms with Gasteiger partial charge in [0.2, 0.25) is 0 Å². The molecule has 1 rings (SSSR count). The van der Waals surface area contributed by atoms with Crippen molar-refractivity contribution in [3.8, 4) is 0 Å². The van der Waals surface area contributed by atoms with E-state index in [1.807, 2.05) is 6.08 Å². The molecule has 0 aliphatic rings. The van der Waals surface area contributed by atoms with Gasteiger partial charge in [-0.05, 0) is 24.3 Å². The summed E-state index contributed by atoms with van der Waals surface area (Å²) in [6.07, 6.45) is 4.26. The van der Waals surface area contributed by atoms with Gasteiger partial charge < -0.3 is 5.32 Å². The average Bonchev–Trinajstić information content (AvgIpc) is 2.31. The van der Waals surface area contributed by atoms with Gasteiger partial charge in [0.05, 0.1) is 0 Å². The Bertz CT molecular complexity index is 292. The van der Waals surface area contributed by atoms with Gasteiger partial charge in [-0.1, -0.05) is 50.3 Å². The van der Waals surface area contributed by atoms with Crippen LogP contribution in [-0.4, -0.2) is 6.04 Å². The fourth-order valence-electron chi connectivity index (χ4n) is 2.02. The zero-order valence-electron chi connectivity index (χ0n) is 10.4. The summed E-state index contributed by atoms with van der Waals surface area (Å²) in [5, 5.41) is 3.62. The van der Waals surface area contributed by atoms with E-state index in [1.54, 1.807) is 0 Å². The Balaban J connectivity index is 2.42. The van der Waals surface area contributed by atoms with Crippen molar-refractivity contribution in [1.29, 1.82) is 0 Å². The van der Waals surface area contributed by atoms with Gasteiger partial charge in [-0.3, -0.25) is 0 Å². The Morgan fingerprint density at radius 2 is 2.00 bits per heavy atom. The molecule has 2 atom stereocenters. The van der Waals surface area contributed by atoms with Gasteiger partial charge in [-0.15, -0.1) is 6.58 Å². The Labute approximate surface area is 99.6 Å². The molecule has 0 fully saturated rings. The van der Waals surface area contributed by atoms with E-state index in [0.717, 1.165) is 13.0 Å². The van der Waals surface area contributed by atoms with Crippen molar-refractivity contribution in [1.82, 2.24) is 5.32 Å². The van der Waals surface area contributed by atoms with Crippen molar-refractivity contribution in [3.63, 3.8) is 0 Å². The first kappa shape index (κ1) is 13.0. The maximum absolute atomic E-state index is 3.81. The first-order valence-electron chi connectivity index (χ1n) is 6.16. The minimum absolute atomic E-state index is 0.582. The third-order valence-electron chi connectivity index (χ3n) is 3.08. The number of rotatable bonds is 7. The van der Waals surface area contributed by atoms with Gasteiger partial charge in [0.25, 0.3) is 0 Å². The van der Waals surface area contributed by atoms with Gasteiger partial charge in [0.15, 0.2) is 0 Å². The van der Waals surface area contributed by atoms with E-state index < -0.39 is 0 Å². The van der Waals surface area contributed by atoms with Crippen molar-refractivity contribution in [2.24, 2.45) is 5.92 Å². The van der Waals surface area contributed by atoms with Crippen LogP contribution in [0.15, 0.2) is 43.0 Å². The van der Waals surface area contributed by atoms with Crippen molar-refractivity contribution in [2.45, 2.75) is 39.3 Å². The van der Waals surface area contributed by atoms with E-state index in [9.17, 15) is 0 Å². The molecule has 1 heteroatoms. The van der Waals surface area contributed by atoms with Crippen LogP contribution in [0.3, 0.4) is 0 Å². The van der Waals surface area contributed by atoms with Crippen molar-refractivity contribution in [3.05, 3.63) is 48.6 Å². The summed E-state index contributed by atoms with van der Waals surface area (Å²) < 4.78 is 0. The fraction of sp³-hybridized carbons (Fsp3) is 0.467. The molecule has 2 unspecified atom stereocenters. The Morgan fingerprint density at radius 1 is 1.31 bits per heavy atom. The standard InChI is InChI=1S/C15H23N/c1-4-9-13(3)15(5-2)16-12-14-10-7-6-8-11-14/h4,6-8,10-11,13,15-16H,1,5,9,12H2,2-3H3. The largest absolute Gasteiger partial charge is 0.310 e. The third kappa shape index (κ3) is 4.19. The summed E-state index contributed by atoms with van der Waals surface area (Å²) in [6, 6.07) is 11.1. The molecule has 1 aromatic rings. The molecular formula is C15H23N. The first-order valence-corrected chi connectivity index (χ1v) is 6.16. The van der Waals surface area contributed by atoms with Crippen LogP contribution in [0.4, 0.5) is 0 Å². The minimum atomic E-state index is 0.582. The molecule has 1 aromatic carbocycles. The second-order valence-electron chi connectivity index (χ2n) is 4.38. The summed E-state index contributed by atoms with van der Waals surface area (Å²) in [5.41, 5.74) is 1.35. The zero-order valence-corrected chi connectivity index (χ0v) is 10.4. The number of hydrogen-bond donors (Lipinski definition) is 1. The summed E-state index contributed by atoms with van der Waals surface area (Å²) in [6.45, 7) is 9.29. The molecule has 0 saturated carbocycles. The van der Waals surface area contributed by atoms with Crippen LogP contribution < -0.4 is 5.32 Å². The van der Waals surface area contributed by atoms with Crippen LogP contribution in [0.25, 0.3) is 0 Å². The Kier molecular flexibility index (Phi) is 5.87. The summed E-state index contributed by atoms with van der Waals surface area (Å²) >= 11 is 0. The summed E-state index contributed by atoms with van der Waals surface area (Å²) in [4.78, 5) is 0. The molecule has 0 spiro atoms. The lowest BCUT2D eigenvalue weighted by molar-refractivity contribution is 0.367. The first-order chi connectivity index (χ1) is 7.77. The Morgan fingerprint density at radius 3 is 2.56 bits per heavy atom. The van der Waals surface area contributed by atoms with Gasteiger partial charge in [0, 0.05) is 12.6 Å². The monoisotopic (exact) mass is 217 g/mol. The second-order valence-corrected chi connectivity index (χ2v) is 4.38. The van der Waals surface area contributed by atoms with Crippen LogP contribution in [0.1, 0.15) is 32.3 Å². The van der Waals surface area contributed by atoms with Crippen LogP contribution >= 0.6 is 0 Å². The van der Waals surface area contributed by atoms with E-state index in [-0.39, 0.29) is 0 Å². The smallest absolute Gasteiger partial charge is 0.0208 e. The number of hydrogen-bond acceptors (Lipinski definition) is 1. The molecule has 88 valence electrons. The van der Waals surface area contributed by atoms with Gasteiger partial charge in [0.1, 0.15) is 0 Å².